The van der Waals surface area contributed by atoms with Gasteiger partial charge < -0.3 is 15.4 Å². The van der Waals surface area contributed by atoms with E-state index in [9.17, 15) is 24.0 Å². The summed E-state index contributed by atoms with van der Waals surface area (Å²) >= 11 is 0. The highest BCUT2D eigenvalue weighted by Gasteiger charge is 2.34. The van der Waals surface area contributed by atoms with E-state index in [0.29, 0.717) is 12.8 Å². The van der Waals surface area contributed by atoms with Crippen molar-refractivity contribution in [2.24, 2.45) is 5.92 Å². The van der Waals surface area contributed by atoms with Crippen LogP contribution in [-0.4, -0.2) is 36.0 Å². The van der Waals surface area contributed by atoms with Crippen LogP contribution in [0.1, 0.15) is 56.3 Å². The smallest absolute Gasteiger partial charge is 0.329 e. The van der Waals surface area contributed by atoms with Gasteiger partial charge in [0.15, 0.2) is 6.61 Å². The van der Waals surface area contributed by atoms with Gasteiger partial charge in [-0.25, -0.2) is 9.18 Å². The van der Waals surface area contributed by atoms with Gasteiger partial charge >= 0.3 is 5.97 Å². The van der Waals surface area contributed by atoms with Crippen LogP contribution in [0.15, 0.2) is 24.3 Å². The van der Waals surface area contributed by atoms with Gasteiger partial charge in [-0.1, -0.05) is 45.2 Å². The van der Waals surface area contributed by atoms with Crippen molar-refractivity contribution in [3.8, 4) is 6.07 Å². The molecule has 1 fully saturated rings. The van der Waals surface area contributed by atoms with E-state index in [4.69, 9.17) is 4.74 Å². The molecule has 1 aliphatic carbocycles. The number of nitrogens with zero attached hydrogens (tertiary/aromatic N) is 1. The first-order valence-corrected chi connectivity index (χ1v) is 9.72. The number of hydrogen-bond donors (Lipinski definition) is 2. The zero-order chi connectivity index (χ0) is 21.4. The minimum absolute atomic E-state index is 0.183. The summed E-state index contributed by atoms with van der Waals surface area (Å²) < 4.78 is 18.8. The van der Waals surface area contributed by atoms with Gasteiger partial charge in [-0.3, -0.25) is 9.59 Å². The summed E-state index contributed by atoms with van der Waals surface area (Å²) in [6.45, 7) is 2.84. The number of nitriles is 1. The maximum atomic E-state index is 13.8. The molecule has 0 aromatic heterocycles. The van der Waals surface area contributed by atoms with E-state index in [1.54, 1.807) is 13.8 Å². The van der Waals surface area contributed by atoms with Gasteiger partial charge in [-0.05, 0) is 30.9 Å². The highest BCUT2D eigenvalue weighted by molar-refractivity contribution is 5.97. The van der Waals surface area contributed by atoms with Gasteiger partial charge in [-0.2, -0.15) is 5.26 Å². The van der Waals surface area contributed by atoms with E-state index >= 15 is 0 Å². The first-order valence-electron chi connectivity index (χ1n) is 9.72. The van der Waals surface area contributed by atoms with Gasteiger partial charge in [0, 0.05) is 0 Å². The second-order valence-corrected chi connectivity index (χ2v) is 7.59. The number of benzene rings is 1. The first kappa shape index (κ1) is 22.3. The van der Waals surface area contributed by atoms with Gasteiger partial charge in [0.05, 0.1) is 11.6 Å². The number of ether oxygens (including phenoxy) is 1. The van der Waals surface area contributed by atoms with Crippen molar-refractivity contribution >= 4 is 17.8 Å². The van der Waals surface area contributed by atoms with Crippen LogP contribution < -0.4 is 10.6 Å². The Morgan fingerprint density at radius 2 is 1.86 bits per heavy atom. The van der Waals surface area contributed by atoms with Gasteiger partial charge in [0.1, 0.15) is 17.4 Å². The van der Waals surface area contributed by atoms with Gasteiger partial charge in [0.25, 0.3) is 11.8 Å². The van der Waals surface area contributed by atoms with E-state index in [0.717, 1.165) is 25.3 Å². The maximum Gasteiger partial charge on any atom is 0.329 e. The number of nitrogens with one attached hydrogen (secondary N) is 2. The fourth-order valence-corrected chi connectivity index (χ4v) is 3.31. The molecule has 0 spiro atoms. The molecule has 0 saturated heterocycles. The normalized spacial score (nSPS) is 16.4. The average Bonchev–Trinajstić information content (AvgIpc) is 2.70. The molecule has 2 rings (SSSR count). The summed E-state index contributed by atoms with van der Waals surface area (Å²) in [7, 11) is 0. The standard InChI is InChI=1S/C21H26FN3O4/c1-14(2)18(24-19(27)15-8-4-5-9-16(15)22)20(28)29-12-17(26)25-21(13-23)10-6-3-7-11-21/h4-5,8-9,14,18H,3,6-7,10-12H2,1-2H3,(H,24,27)(H,25,26)/t18-/m0/s1. The van der Waals surface area contributed by atoms with Gasteiger partial charge in [-0.15, -0.1) is 0 Å². The Kier molecular flexibility index (Phi) is 7.71. The quantitative estimate of drug-likeness (QED) is 0.680. The van der Waals surface area contributed by atoms with Crippen molar-refractivity contribution in [1.82, 2.24) is 10.6 Å². The number of esters is 1. The number of carbonyl (C=O) groups is 3. The second-order valence-electron chi connectivity index (χ2n) is 7.59. The van der Waals surface area contributed by atoms with Crippen LogP contribution >= 0.6 is 0 Å². The molecule has 2 amide bonds. The topological polar surface area (TPSA) is 108 Å². The molecule has 156 valence electrons. The number of hydrogen-bond acceptors (Lipinski definition) is 5. The van der Waals surface area contributed by atoms with E-state index < -0.39 is 41.8 Å². The first-order chi connectivity index (χ1) is 13.8. The molecule has 1 aromatic rings. The predicted molar refractivity (Wildman–Crippen MR) is 103 cm³/mol. The SMILES string of the molecule is CC(C)[C@H](NC(=O)c1ccccc1F)C(=O)OCC(=O)NC1(C#N)CCCCC1. The lowest BCUT2D eigenvalue weighted by Crippen LogP contribution is -2.51. The molecule has 1 saturated carbocycles. The van der Waals surface area contributed by atoms with E-state index in [1.165, 1.54) is 18.2 Å². The molecule has 1 atom stereocenters. The second kappa shape index (κ2) is 10.0. The van der Waals surface area contributed by atoms with Crippen molar-refractivity contribution in [1.29, 1.82) is 5.26 Å². The zero-order valence-electron chi connectivity index (χ0n) is 16.7. The van der Waals surface area contributed by atoms with E-state index in [2.05, 4.69) is 16.7 Å². The molecule has 0 aliphatic heterocycles. The molecule has 0 radical (unpaired) electrons. The summed E-state index contributed by atoms with van der Waals surface area (Å²) in [5, 5.41) is 14.5. The molecule has 0 bridgehead atoms. The summed E-state index contributed by atoms with van der Waals surface area (Å²) in [5.41, 5.74) is -1.10. The Morgan fingerprint density at radius 3 is 2.45 bits per heavy atom. The minimum atomic E-state index is -1.05. The molecular weight excluding hydrogens is 377 g/mol. The third-order valence-electron chi connectivity index (χ3n) is 4.97. The fraction of sp³-hybridized carbons (Fsp3) is 0.524. The highest BCUT2D eigenvalue weighted by atomic mass is 19.1. The predicted octanol–water partition coefficient (Wildman–Crippen LogP) is 2.47. The fourth-order valence-electron chi connectivity index (χ4n) is 3.31. The monoisotopic (exact) mass is 403 g/mol. The molecule has 8 heteroatoms. The van der Waals surface area contributed by atoms with Crippen molar-refractivity contribution in [3.63, 3.8) is 0 Å². The average molecular weight is 403 g/mol. The molecule has 1 aliphatic rings. The minimum Gasteiger partial charge on any atom is -0.454 e. The molecule has 1 aromatic carbocycles. The number of halogens is 1. The molecule has 0 unspecified atom stereocenters. The Labute approximate surface area is 169 Å². The van der Waals surface area contributed by atoms with Crippen LogP contribution in [0, 0.1) is 23.1 Å². The van der Waals surface area contributed by atoms with Crippen molar-refractivity contribution in [2.45, 2.75) is 57.5 Å². The molecule has 7 nitrogen and oxygen atoms in total. The third kappa shape index (κ3) is 6.01. The number of carbonyl (C=O) groups excluding carboxylic acids is 3. The lowest BCUT2D eigenvalue weighted by molar-refractivity contribution is -0.151. The Hall–Kier alpha value is -2.95. The summed E-state index contributed by atoms with van der Waals surface area (Å²) in [6, 6.07) is 6.55. The van der Waals surface area contributed by atoms with Crippen molar-refractivity contribution in [2.75, 3.05) is 6.61 Å². The van der Waals surface area contributed by atoms with Crippen molar-refractivity contribution in [3.05, 3.63) is 35.6 Å². The Bertz CT molecular complexity index is 797. The van der Waals surface area contributed by atoms with Crippen LogP contribution in [0.25, 0.3) is 0 Å². The summed E-state index contributed by atoms with van der Waals surface area (Å²) in [6.07, 6.45) is 3.86. The lowest BCUT2D eigenvalue weighted by Gasteiger charge is -2.31. The molecule has 29 heavy (non-hydrogen) atoms. The molecular formula is C21H26FN3O4. The van der Waals surface area contributed by atoms with Gasteiger partial charge in [0.2, 0.25) is 0 Å². The third-order valence-corrected chi connectivity index (χ3v) is 4.97. The van der Waals surface area contributed by atoms with Crippen LogP contribution in [0.3, 0.4) is 0 Å². The molecule has 2 N–H and O–H groups in total. The van der Waals surface area contributed by atoms with Crippen LogP contribution in [0.4, 0.5) is 4.39 Å². The zero-order valence-corrected chi connectivity index (χ0v) is 16.7. The van der Waals surface area contributed by atoms with Crippen LogP contribution in [0.5, 0.6) is 0 Å². The van der Waals surface area contributed by atoms with E-state index in [1.807, 2.05) is 0 Å². The number of rotatable bonds is 7. The lowest BCUT2D eigenvalue weighted by atomic mass is 9.83. The molecule has 0 heterocycles. The largest absolute Gasteiger partial charge is 0.454 e. The summed E-state index contributed by atoms with van der Waals surface area (Å²) in [5.74, 6) is -3.15. The Balaban J connectivity index is 1.94. The van der Waals surface area contributed by atoms with Crippen LogP contribution in [-0.2, 0) is 14.3 Å². The maximum absolute atomic E-state index is 13.8. The van der Waals surface area contributed by atoms with Crippen molar-refractivity contribution < 1.29 is 23.5 Å². The summed E-state index contributed by atoms with van der Waals surface area (Å²) in [4.78, 5) is 36.9. The highest BCUT2D eigenvalue weighted by Crippen LogP contribution is 2.27. The Morgan fingerprint density at radius 1 is 1.21 bits per heavy atom. The number of amides is 2. The van der Waals surface area contributed by atoms with Crippen LogP contribution in [0.2, 0.25) is 0 Å². The van der Waals surface area contributed by atoms with E-state index in [-0.39, 0.29) is 11.5 Å².